The van der Waals surface area contributed by atoms with E-state index in [0.717, 1.165) is 23.2 Å². The van der Waals surface area contributed by atoms with Crippen LogP contribution in [0.25, 0.3) is 0 Å². The second-order valence-electron chi connectivity index (χ2n) is 7.50. The van der Waals surface area contributed by atoms with Crippen LogP contribution in [-0.4, -0.2) is 41.2 Å². The van der Waals surface area contributed by atoms with Gasteiger partial charge in [0.2, 0.25) is 0 Å². The lowest BCUT2D eigenvalue weighted by Crippen LogP contribution is -2.25. The van der Waals surface area contributed by atoms with Crippen LogP contribution in [-0.2, 0) is 24.4 Å². The zero-order valence-corrected chi connectivity index (χ0v) is 16.7. The maximum atomic E-state index is 13.0. The van der Waals surface area contributed by atoms with Crippen LogP contribution < -0.4 is 5.32 Å². The summed E-state index contributed by atoms with van der Waals surface area (Å²) in [5.41, 5.74) is 4.17. The summed E-state index contributed by atoms with van der Waals surface area (Å²) >= 11 is 0. The van der Waals surface area contributed by atoms with Crippen molar-refractivity contribution in [3.8, 4) is 11.5 Å². The molecule has 1 aliphatic heterocycles. The number of phenolic OH excluding ortho intramolecular Hbond substituents is 2. The molecule has 6 nitrogen and oxygen atoms in total. The van der Waals surface area contributed by atoms with Crippen molar-refractivity contribution in [3.63, 3.8) is 0 Å². The van der Waals surface area contributed by atoms with Gasteiger partial charge in [-0.1, -0.05) is 32.0 Å². The third kappa shape index (κ3) is 4.29. The minimum absolute atomic E-state index is 0.0108. The lowest BCUT2D eigenvalue weighted by molar-refractivity contribution is 0.0748. The molecule has 1 amide bonds. The van der Waals surface area contributed by atoms with Gasteiger partial charge in [-0.15, -0.1) is 0 Å². The molecule has 28 heavy (non-hydrogen) atoms. The van der Waals surface area contributed by atoms with Crippen molar-refractivity contribution in [2.75, 3.05) is 20.2 Å². The lowest BCUT2D eigenvalue weighted by atomic mass is 9.98. The molecule has 0 atom stereocenters. The molecular formula is C22H28N2O4. The van der Waals surface area contributed by atoms with Crippen molar-refractivity contribution in [3.05, 3.63) is 58.1 Å². The number of benzene rings is 2. The monoisotopic (exact) mass is 384 g/mol. The number of hydrogen-bond donors (Lipinski definition) is 3. The van der Waals surface area contributed by atoms with Gasteiger partial charge in [-0.25, -0.2) is 0 Å². The number of rotatable bonds is 7. The Morgan fingerprint density at radius 3 is 2.61 bits per heavy atom. The number of carbonyl (C=O) groups is 1. The van der Waals surface area contributed by atoms with E-state index in [1.807, 2.05) is 33.0 Å². The Hall–Kier alpha value is -2.57. The molecule has 0 aromatic heterocycles. The van der Waals surface area contributed by atoms with E-state index < -0.39 is 0 Å². The first kappa shape index (κ1) is 20.2. The molecule has 0 saturated carbocycles. The second-order valence-corrected chi connectivity index (χ2v) is 7.50. The Morgan fingerprint density at radius 2 is 1.89 bits per heavy atom. The summed E-state index contributed by atoms with van der Waals surface area (Å²) in [4.78, 5) is 14.7. The molecule has 2 aromatic rings. The number of phenols is 2. The molecule has 6 heteroatoms. The van der Waals surface area contributed by atoms with Crippen LogP contribution in [0.5, 0.6) is 11.5 Å². The van der Waals surface area contributed by atoms with Crippen LogP contribution in [0.2, 0.25) is 0 Å². The van der Waals surface area contributed by atoms with Crippen molar-refractivity contribution in [1.29, 1.82) is 0 Å². The van der Waals surface area contributed by atoms with Gasteiger partial charge in [-0.2, -0.15) is 0 Å². The van der Waals surface area contributed by atoms with Crippen LogP contribution in [0.4, 0.5) is 0 Å². The number of carbonyl (C=O) groups excluding carboxylic acids is 1. The van der Waals surface area contributed by atoms with Crippen LogP contribution in [0, 0.1) is 0 Å². The summed E-state index contributed by atoms with van der Waals surface area (Å²) in [7, 11) is 1.89. The fourth-order valence-electron chi connectivity index (χ4n) is 3.44. The van der Waals surface area contributed by atoms with Gasteiger partial charge in [0, 0.05) is 25.7 Å². The predicted octanol–water partition coefficient (Wildman–Crippen LogP) is 3.11. The molecule has 3 rings (SSSR count). The molecule has 3 N–H and O–H groups in total. The Bertz CT molecular complexity index is 864. The minimum Gasteiger partial charge on any atom is -0.508 e. The number of ether oxygens (including phenoxy) is 1. The van der Waals surface area contributed by atoms with E-state index in [-0.39, 0.29) is 28.9 Å². The maximum absolute atomic E-state index is 13.0. The Labute approximate surface area is 165 Å². The van der Waals surface area contributed by atoms with Crippen molar-refractivity contribution in [1.82, 2.24) is 10.2 Å². The fraction of sp³-hybridized carbons (Fsp3) is 0.409. The predicted molar refractivity (Wildman–Crippen MR) is 107 cm³/mol. The molecule has 0 saturated heterocycles. The topological polar surface area (TPSA) is 82.0 Å². The third-order valence-corrected chi connectivity index (χ3v) is 5.04. The van der Waals surface area contributed by atoms with Gasteiger partial charge in [0.05, 0.1) is 18.8 Å². The number of fused-ring (bicyclic) bond motifs is 1. The summed E-state index contributed by atoms with van der Waals surface area (Å²) < 4.78 is 5.63. The number of amides is 1. The normalized spacial score (nSPS) is 13.2. The highest BCUT2D eigenvalue weighted by Gasteiger charge is 2.27. The minimum atomic E-state index is -0.234. The van der Waals surface area contributed by atoms with E-state index >= 15 is 0 Å². The van der Waals surface area contributed by atoms with Crippen molar-refractivity contribution >= 4 is 5.91 Å². The number of hydrogen-bond acceptors (Lipinski definition) is 5. The number of aromatic hydroxyl groups is 2. The van der Waals surface area contributed by atoms with Gasteiger partial charge < -0.3 is 25.2 Å². The summed E-state index contributed by atoms with van der Waals surface area (Å²) in [5.74, 6) is -0.367. The summed E-state index contributed by atoms with van der Waals surface area (Å²) in [5, 5.41) is 23.3. The molecular weight excluding hydrogens is 356 g/mol. The molecule has 1 heterocycles. The van der Waals surface area contributed by atoms with Gasteiger partial charge in [-0.05, 0) is 41.3 Å². The summed E-state index contributed by atoms with van der Waals surface area (Å²) in [6.45, 7) is 6.87. The van der Waals surface area contributed by atoms with Gasteiger partial charge in [-0.3, -0.25) is 4.79 Å². The number of nitrogens with zero attached hydrogens (tertiary/aromatic N) is 1. The number of likely N-dealkylation sites (N-methyl/N-ethyl adjacent to an activating group) is 1. The molecule has 1 aliphatic rings. The molecule has 0 radical (unpaired) electrons. The SMILES string of the molecule is CNCCOCc1ccc2c(c1)CN(C(=O)c1cc(C(C)C)c(O)cc1O)C2. The third-order valence-electron chi connectivity index (χ3n) is 5.04. The average molecular weight is 384 g/mol. The van der Waals surface area contributed by atoms with E-state index in [0.29, 0.717) is 31.9 Å². The van der Waals surface area contributed by atoms with Crippen LogP contribution in [0.15, 0.2) is 30.3 Å². The van der Waals surface area contributed by atoms with Crippen LogP contribution in [0.3, 0.4) is 0 Å². The molecule has 0 bridgehead atoms. The van der Waals surface area contributed by atoms with E-state index in [9.17, 15) is 15.0 Å². The first-order chi connectivity index (χ1) is 13.4. The van der Waals surface area contributed by atoms with E-state index in [4.69, 9.17) is 4.74 Å². The Balaban J connectivity index is 1.73. The fourth-order valence-corrected chi connectivity index (χ4v) is 3.44. The smallest absolute Gasteiger partial charge is 0.258 e. The highest BCUT2D eigenvalue weighted by molar-refractivity contribution is 5.97. The van der Waals surface area contributed by atoms with Gasteiger partial charge >= 0.3 is 0 Å². The average Bonchev–Trinajstić information content (AvgIpc) is 3.08. The Kier molecular flexibility index (Phi) is 6.21. The molecule has 0 unspecified atom stereocenters. The van der Waals surface area contributed by atoms with Crippen LogP contribution >= 0.6 is 0 Å². The molecule has 2 aromatic carbocycles. The van der Waals surface area contributed by atoms with E-state index in [1.165, 1.54) is 6.07 Å². The zero-order chi connectivity index (χ0) is 20.3. The Morgan fingerprint density at radius 1 is 1.14 bits per heavy atom. The van der Waals surface area contributed by atoms with Gasteiger partial charge in [0.1, 0.15) is 11.5 Å². The lowest BCUT2D eigenvalue weighted by Gasteiger charge is -2.18. The number of nitrogens with one attached hydrogen (secondary N) is 1. The second kappa shape index (κ2) is 8.63. The first-order valence-electron chi connectivity index (χ1n) is 9.59. The quantitative estimate of drug-likeness (QED) is 0.639. The first-order valence-corrected chi connectivity index (χ1v) is 9.59. The summed E-state index contributed by atoms with van der Waals surface area (Å²) in [6.07, 6.45) is 0. The highest BCUT2D eigenvalue weighted by Crippen LogP contribution is 2.34. The molecule has 0 aliphatic carbocycles. The zero-order valence-electron chi connectivity index (χ0n) is 16.7. The largest absolute Gasteiger partial charge is 0.508 e. The standard InChI is InChI=1S/C22H28N2O4/c1-14(2)18-9-19(21(26)10-20(18)25)22(27)24-11-16-5-4-15(8-17(16)12-24)13-28-7-6-23-3/h4-5,8-10,14,23,25-26H,6-7,11-13H2,1-3H3. The highest BCUT2D eigenvalue weighted by atomic mass is 16.5. The molecule has 150 valence electrons. The van der Waals surface area contributed by atoms with Gasteiger partial charge in [0.15, 0.2) is 0 Å². The van der Waals surface area contributed by atoms with E-state index in [2.05, 4.69) is 11.4 Å². The van der Waals surface area contributed by atoms with Gasteiger partial charge in [0.25, 0.3) is 5.91 Å². The maximum Gasteiger partial charge on any atom is 0.258 e. The molecule has 0 fully saturated rings. The van der Waals surface area contributed by atoms with Crippen molar-refractivity contribution in [2.24, 2.45) is 0 Å². The van der Waals surface area contributed by atoms with Crippen molar-refractivity contribution in [2.45, 2.75) is 39.5 Å². The van der Waals surface area contributed by atoms with E-state index in [1.54, 1.807) is 11.0 Å². The van der Waals surface area contributed by atoms with Crippen molar-refractivity contribution < 1.29 is 19.7 Å². The summed E-state index contributed by atoms with van der Waals surface area (Å²) in [6, 6.07) is 9.00. The molecule has 0 spiro atoms. The van der Waals surface area contributed by atoms with Crippen LogP contribution in [0.1, 0.15) is 52.4 Å².